The van der Waals surface area contributed by atoms with E-state index in [0.717, 1.165) is 19.3 Å². The van der Waals surface area contributed by atoms with Gasteiger partial charge in [0.1, 0.15) is 0 Å². The first-order valence-corrected chi connectivity index (χ1v) is 11.7. The van der Waals surface area contributed by atoms with Gasteiger partial charge in [-0.3, -0.25) is 4.79 Å². The summed E-state index contributed by atoms with van der Waals surface area (Å²) < 4.78 is 26.1. The minimum absolute atomic E-state index is 0.0617. The highest BCUT2D eigenvalue weighted by Gasteiger charge is 2.46. The number of sulfone groups is 1. The lowest BCUT2D eigenvalue weighted by molar-refractivity contribution is -0.135. The smallest absolute Gasteiger partial charge is 0.223 e. The van der Waals surface area contributed by atoms with Crippen molar-refractivity contribution in [1.29, 1.82) is 0 Å². The van der Waals surface area contributed by atoms with Crippen molar-refractivity contribution in [2.45, 2.75) is 67.7 Å². The highest BCUT2D eigenvalue weighted by Crippen LogP contribution is 2.40. The summed E-state index contributed by atoms with van der Waals surface area (Å²) in [5, 5.41) is -0.382. The highest BCUT2D eigenvalue weighted by atomic mass is 32.2. The van der Waals surface area contributed by atoms with Crippen LogP contribution in [0.5, 0.6) is 0 Å². The molecular formula is C23H27NO3S. The third kappa shape index (κ3) is 3.60. The summed E-state index contributed by atoms with van der Waals surface area (Å²) in [6.45, 7) is 2.07. The number of aryl methyl sites for hydroxylation is 2. The molecule has 4 nitrogen and oxygen atoms in total. The summed E-state index contributed by atoms with van der Waals surface area (Å²) in [7, 11) is -3.34. The predicted molar refractivity (Wildman–Crippen MR) is 110 cm³/mol. The van der Waals surface area contributed by atoms with Gasteiger partial charge in [-0.25, -0.2) is 8.42 Å². The Kier molecular flexibility index (Phi) is 5.28. The third-order valence-electron chi connectivity index (χ3n) is 6.36. The van der Waals surface area contributed by atoms with Gasteiger partial charge in [-0.05, 0) is 62.3 Å². The SMILES string of the molecule is Cc1ccccc1CCC(=O)N1[C@@H]2CC[C@@H]1CC(S(=O)(=O)c1ccccc1)C2. The van der Waals surface area contributed by atoms with Crippen LogP contribution in [0.2, 0.25) is 0 Å². The minimum atomic E-state index is -3.34. The zero-order chi connectivity index (χ0) is 19.7. The molecule has 148 valence electrons. The zero-order valence-corrected chi connectivity index (χ0v) is 17.1. The molecule has 2 aromatic carbocycles. The Balaban J connectivity index is 1.44. The molecule has 5 heteroatoms. The van der Waals surface area contributed by atoms with Crippen molar-refractivity contribution in [3.05, 3.63) is 65.7 Å². The lowest BCUT2D eigenvalue weighted by atomic mass is 9.99. The minimum Gasteiger partial charge on any atom is -0.337 e. The molecule has 2 saturated heterocycles. The first kappa shape index (κ1) is 19.2. The van der Waals surface area contributed by atoms with Crippen LogP contribution in [0, 0.1) is 6.92 Å². The molecule has 28 heavy (non-hydrogen) atoms. The van der Waals surface area contributed by atoms with Gasteiger partial charge in [0.05, 0.1) is 10.1 Å². The topological polar surface area (TPSA) is 54.5 Å². The lowest BCUT2D eigenvalue weighted by Gasteiger charge is -2.38. The molecule has 0 N–H and O–H groups in total. The van der Waals surface area contributed by atoms with Crippen LogP contribution in [0.1, 0.15) is 43.2 Å². The molecule has 0 unspecified atom stereocenters. The zero-order valence-electron chi connectivity index (χ0n) is 16.3. The van der Waals surface area contributed by atoms with Crippen LogP contribution in [0.15, 0.2) is 59.5 Å². The molecule has 0 saturated carbocycles. The molecule has 2 aromatic rings. The summed E-state index contributed by atoms with van der Waals surface area (Å²) in [6, 6.07) is 17.0. The van der Waals surface area contributed by atoms with E-state index in [9.17, 15) is 13.2 Å². The second kappa shape index (κ2) is 7.70. The number of fused-ring (bicyclic) bond motifs is 2. The van der Waals surface area contributed by atoms with Gasteiger partial charge in [0.25, 0.3) is 0 Å². The monoisotopic (exact) mass is 397 g/mol. The van der Waals surface area contributed by atoms with Crippen LogP contribution in [-0.2, 0) is 21.1 Å². The molecule has 2 heterocycles. The number of hydrogen-bond acceptors (Lipinski definition) is 3. The number of piperidine rings is 1. The third-order valence-corrected chi connectivity index (χ3v) is 8.55. The molecule has 2 bridgehead atoms. The van der Waals surface area contributed by atoms with Gasteiger partial charge < -0.3 is 4.90 Å². The average molecular weight is 398 g/mol. The summed E-state index contributed by atoms with van der Waals surface area (Å²) >= 11 is 0. The van der Waals surface area contributed by atoms with Gasteiger partial charge in [-0.15, -0.1) is 0 Å². The molecular weight excluding hydrogens is 370 g/mol. The van der Waals surface area contributed by atoms with Crippen molar-refractivity contribution >= 4 is 15.7 Å². The van der Waals surface area contributed by atoms with E-state index in [1.807, 2.05) is 23.1 Å². The van der Waals surface area contributed by atoms with E-state index >= 15 is 0 Å². The summed E-state index contributed by atoms with van der Waals surface area (Å²) in [6.07, 6.45) is 4.19. The van der Waals surface area contributed by atoms with Gasteiger partial charge in [-0.2, -0.15) is 0 Å². The molecule has 0 aliphatic carbocycles. The van der Waals surface area contributed by atoms with Crippen molar-refractivity contribution < 1.29 is 13.2 Å². The van der Waals surface area contributed by atoms with E-state index in [0.29, 0.717) is 24.2 Å². The molecule has 2 fully saturated rings. The number of carbonyl (C=O) groups excluding carboxylic acids is 1. The van der Waals surface area contributed by atoms with E-state index in [1.165, 1.54) is 11.1 Å². The van der Waals surface area contributed by atoms with Crippen molar-refractivity contribution in [3.8, 4) is 0 Å². The normalized spacial score (nSPS) is 24.3. The molecule has 2 aliphatic heterocycles. The maximum absolute atomic E-state index is 13.0. The Hall–Kier alpha value is -2.14. The van der Waals surface area contributed by atoms with E-state index in [1.54, 1.807) is 24.3 Å². The van der Waals surface area contributed by atoms with Crippen molar-refractivity contribution in [3.63, 3.8) is 0 Å². The average Bonchev–Trinajstić information content (AvgIpc) is 2.97. The fraction of sp³-hybridized carbons (Fsp3) is 0.435. The number of hydrogen-bond donors (Lipinski definition) is 0. The van der Waals surface area contributed by atoms with Crippen LogP contribution < -0.4 is 0 Å². The Morgan fingerprint density at radius 3 is 2.21 bits per heavy atom. The van der Waals surface area contributed by atoms with E-state index in [2.05, 4.69) is 19.1 Å². The second-order valence-corrected chi connectivity index (χ2v) is 10.3. The quantitative estimate of drug-likeness (QED) is 0.768. The molecule has 2 atom stereocenters. The number of rotatable bonds is 5. The molecule has 0 spiro atoms. The van der Waals surface area contributed by atoms with Gasteiger partial charge >= 0.3 is 0 Å². The Labute approximate surface area is 167 Å². The van der Waals surface area contributed by atoms with Crippen molar-refractivity contribution in [2.75, 3.05) is 0 Å². The Morgan fingerprint density at radius 1 is 0.964 bits per heavy atom. The Morgan fingerprint density at radius 2 is 1.57 bits per heavy atom. The maximum Gasteiger partial charge on any atom is 0.223 e. The van der Waals surface area contributed by atoms with Gasteiger partial charge in [-0.1, -0.05) is 42.5 Å². The fourth-order valence-electron chi connectivity index (χ4n) is 4.85. The first-order chi connectivity index (χ1) is 13.5. The number of nitrogens with zero attached hydrogens (tertiary/aromatic N) is 1. The fourth-order valence-corrected chi connectivity index (χ4v) is 6.72. The summed E-state index contributed by atoms with van der Waals surface area (Å²) in [5.41, 5.74) is 2.43. The lowest BCUT2D eigenvalue weighted by Crippen LogP contribution is -2.49. The van der Waals surface area contributed by atoms with Crippen LogP contribution in [0.25, 0.3) is 0 Å². The number of carbonyl (C=O) groups is 1. The van der Waals surface area contributed by atoms with E-state index < -0.39 is 9.84 Å². The van der Waals surface area contributed by atoms with Crippen LogP contribution in [0.4, 0.5) is 0 Å². The molecule has 0 radical (unpaired) electrons. The predicted octanol–water partition coefficient (Wildman–Crippen LogP) is 3.92. The second-order valence-electron chi connectivity index (χ2n) is 8.06. The van der Waals surface area contributed by atoms with Crippen LogP contribution in [-0.4, -0.2) is 36.6 Å². The number of amides is 1. The van der Waals surface area contributed by atoms with Gasteiger partial charge in [0.15, 0.2) is 9.84 Å². The van der Waals surface area contributed by atoms with Gasteiger partial charge in [0, 0.05) is 18.5 Å². The molecule has 2 aliphatic rings. The summed E-state index contributed by atoms with van der Waals surface area (Å²) in [4.78, 5) is 15.4. The Bertz CT molecular complexity index is 941. The van der Waals surface area contributed by atoms with Gasteiger partial charge in [0.2, 0.25) is 5.91 Å². The molecule has 0 aromatic heterocycles. The molecule has 4 rings (SSSR count). The van der Waals surface area contributed by atoms with E-state index in [4.69, 9.17) is 0 Å². The van der Waals surface area contributed by atoms with Crippen LogP contribution in [0.3, 0.4) is 0 Å². The summed E-state index contributed by atoms with van der Waals surface area (Å²) in [5.74, 6) is 0.173. The van der Waals surface area contributed by atoms with Crippen LogP contribution >= 0.6 is 0 Å². The largest absolute Gasteiger partial charge is 0.337 e. The standard InChI is InChI=1S/C23H27NO3S/c1-17-7-5-6-8-18(17)11-14-23(25)24-19-12-13-20(24)16-22(15-19)28(26,27)21-9-3-2-4-10-21/h2-10,19-20,22H,11-16H2,1H3/t19-,20-/m1/s1. The van der Waals surface area contributed by atoms with E-state index in [-0.39, 0.29) is 23.2 Å². The number of benzene rings is 2. The first-order valence-electron chi connectivity index (χ1n) is 10.1. The highest BCUT2D eigenvalue weighted by molar-refractivity contribution is 7.92. The molecule has 1 amide bonds. The maximum atomic E-state index is 13.0. The van der Waals surface area contributed by atoms with Crippen molar-refractivity contribution in [1.82, 2.24) is 4.90 Å². The van der Waals surface area contributed by atoms with Crippen molar-refractivity contribution in [2.24, 2.45) is 0 Å².